The second kappa shape index (κ2) is 5.56. The minimum Gasteiger partial charge on any atom is -0.392 e. The fourth-order valence-electron chi connectivity index (χ4n) is 1.66. The molecule has 2 aromatic rings. The summed E-state index contributed by atoms with van der Waals surface area (Å²) < 4.78 is 39.9. The van der Waals surface area contributed by atoms with Crippen molar-refractivity contribution in [2.45, 2.75) is 18.4 Å². The van der Waals surface area contributed by atoms with Crippen LogP contribution >= 0.6 is 0 Å². The van der Waals surface area contributed by atoms with E-state index in [9.17, 15) is 12.8 Å². The molecule has 0 aliphatic carbocycles. The smallest absolute Gasteiger partial charge is 0.261 e. The SMILES string of the molecule is Cc1cc(NS(=O)(=O)c2ccc(F)c(CO)c2)ccn1. The third-order valence-corrected chi connectivity index (χ3v) is 4.03. The van der Waals surface area contributed by atoms with Crippen LogP contribution < -0.4 is 4.72 Å². The van der Waals surface area contributed by atoms with E-state index in [-0.39, 0.29) is 10.5 Å². The maximum atomic E-state index is 13.3. The van der Waals surface area contributed by atoms with Gasteiger partial charge in [-0.15, -0.1) is 0 Å². The van der Waals surface area contributed by atoms with Crippen LogP contribution in [0.4, 0.5) is 10.1 Å². The number of pyridine rings is 1. The molecule has 0 radical (unpaired) electrons. The number of benzene rings is 1. The summed E-state index contributed by atoms with van der Waals surface area (Å²) in [4.78, 5) is 3.85. The molecule has 0 fully saturated rings. The number of hydrogen-bond acceptors (Lipinski definition) is 4. The Bertz CT molecular complexity index is 732. The number of aliphatic hydroxyl groups is 1. The second-order valence-corrected chi connectivity index (χ2v) is 5.89. The number of aliphatic hydroxyl groups excluding tert-OH is 1. The van der Waals surface area contributed by atoms with Crippen LogP contribution in [0.1, 0.15) is 11.3 Å². The Morgan fingerprint density at radius 2 is 2.05 bits per heavy atom. The van der Waals surface area contributed by atoms with Crippen molar-refractivity contribution in [3.05, 3.63) is 53.6 Å². The van der Waals surface area contributed by atoms with E-state index < -0.39 is 22.4 Å². The first-order chi connectivity index (χ1) is 9.42. The molecule has 0 bridgehead atoms. The number of rotatable bonds is 4. The molecule has 1 heterocycles. The number of nitrogens with zero attached hydrogens (tertiary/aromatic N) is 1. The van der Waals surface area contributed by atoms with E-state index >= 15 is 0 Å². The normalized spacial score (nSPS) is 11.3. The summed E-state index contributed by atoms with van der Waals surface area (Å²) in [5, 5.41) is 8.97. The Morgan fingerprint density at radius 1 is 1.30 bits per heavy atom. The van der Waals surface area contributed by atoms with Crippen LogP contribution in [0.2, 0.25) is 0 Å². The fraction of sp³-hybridized carbons (Fsp3) is 0.154. The zero-order valence-corrected chi connectivity index (χ0v) is 11.5. The van der Waals surface area contributed by atoms with E-state index in [1.54, 1.807) is 13.0 Å². The molecule has 0 unspecified atom stereocenters. The van der Waals surface area contributed by atoms with Gasteiger partial charge in [0.15, 0.2) is 0 Å². The van der Waals surface area contributed by atoms with Crippen LogP contribution in [-0.4, -0.2) is 18.5 Å². The van der Waals surface area contributed by atoms with Crippen LogP contribution in [0.5, 0.6) is 0 Å². The van der Waals surface area contributed by atoms with Crippen molar-refractivity contribution in [2.24, 2.45) is 0 Å². The van der Waals surface area contributed by atoms with Crippen molar-refractivity contribution in [3.63, 3.8) is 0 Å². The van der Waals surface area contributed by atoms with Crippen LogP contribution in [0, 0.1) is 12.7 Å². The highest BCUT2D eigenvalue weighted by molar-refractivity contribution is 7.92. The number of hydrogen-bond donors (Lipinski definition) is 2. The third-order valence-electron chi connectivity index (χ3n) is 2.65. The molecule has 20 heavy (non-hydrogen) atoms. The van der Waals surface area contributed by atoms with E-state index in [4.69, 9.17) is 5.11 Å². The highest BCUT2D eigenvalue weighted by Crippen LogP contribution is 2.19. The van der Waals surface area contributed by atoms with Gasteiger partial charge >= 0.3 is 0 Å². The Balaban J connectivity index is 2.35. The summed E-state index contributed by atoms with van der Waals surface area (Å²) in [6, 6.07) is 6.35. The van der Waals surface area contributed by atoms with Gasteiger partial charge in [0.2, 0.25) is 0 Å². The van der Waals surface area contributed by atoms with E-state index in [1.165, 1.54) is 12.3 Å². The predicted octanol–water partition coefficient (Wildman–Crippen LogP) is 1.82. The summed E-state index contributed by atoms with van der Waals surface area (Å²) in [6.45, 7) is 1.17. The van der Waals surface area contributed by atoms with Gasteiger partial charge in [-0.3, -0.25) is 9.71 Å². The van der Waals surface area contributed by atoms with Crippen LogP contribution in [0.15, 0.2) is 41.4 Å². The number of anilines is 1. The lowest BCUT2D eigenvalue weighted by atomic mass is 10.2. The molecule has 7 heteroatoms. The third kappa shape index (κ3) is 3.12. The summed E-state index contributed by atoms with van der Waals surface area (Å²) in [5.74, 6) is -0.647. The lowest BCUT2D eigenvalue weighted by molar-refractivity contribution is 0.275. The number of aryl methyl sites for hydroxylation is 1. The molecule has 0 aliphatic heterocycles. The first-order valence-electron chi connectivity index (χ1n) is 5.77. The summed E-state index contributed by atoms with van der Waals surface area (Å²) >= 11 is 0. The molecule has 0 saturated carbocycles. The molecule has 0 aliphatic rings. The lowest BCUT2D eigenvalue weighted by Crippen LogP contribution is -2.13. The standard InChI is InChI=1S/C13H13FN2O3S/c1-9-6-11(4-5-15-9)16-20(18,19)12-2-3-13(14)10(7-12)8-17/h2-7,17H,8H2,1H3,(H,15,16). The molecule has 1 aromatic carbocycles. The zero-order valence-electron chi connectivity index (χ0n) is 10.7. The van der Waals surface area contributed by atoms with E-state index in [0.717, 1.165) is 18.2 Å². The molecule has 2 N–H and O–H groups in total. The molecule has 0 atom stereocenters. The Kier molecular flexibility index (Phi) is 4.01. The minimum absolute atomic E-state index is 0.0706. The molecular formula is C13H13FN2O3S. The van der Waals surface area contributed by atoms with Crippen molar-refractivity contribution in [1.29, 1.82) is 0 Å². The van der Waals surface area contributed by atoms with Crippen molar-refractivity contribution < 1.29 is 17.9 Å². The van der Waals surface area contributed by atoms with E-state index in [1.807, 2.05) is 0 Å². The van der Waals surface area contributed by atoms with Crippen molar-refractivity contribution in [3.8, 4) is 0 Å². The summed E-state index contributed by atoms with van der Waals surface area (Å²) in [6.07, 6.45) is 1.48. The van der Waals surface area contributed by atoms with Gasteiger partial charge in [0.1, 0.15) is 5.82 Å². The number of sulfonamides is 1. The molecule has 0 saturated heterocycles. The maximum absolute atomic E-state index is 13.3. The predicted molar refractivity (Wildman–Crippen MR) is 72.1 cm³/mol. The van der Waals surface area contributed by atoms with Gasteiger partial charge in [0.25, 0.3) is 10.0 Å². The van der Waals surface area contributed by atoms with Gasteiger partial charge < -0.3 is 5.11 Å². The van der Waals surface area contributed by atoms with Crippen LogP contribution in [0.25, 0.3) is 0 Å². The Morgan fingerprint density at radius 3 is 2.70 bits per heavy atom. The topological polar surface area (TPSA) is 79.3 Å². The molecule has 0 amide bonds. The molecule has 2 rings (SSSR count). The van der Waals surface area contributed by atoms with Crippen LogP contribution in [-0.2, 0) is 16.6 Å². The van der Waals surface area contributed by atoms with Gasteiger partial charge in [-0.05, 0) is 37.3 Å². The zero-order chi connectivity index (χ0) is 14.8. The fourth-order valence-corrected chi connectivity index (χ4v) is 2.76. The first kappa shape index (κ1) is 14.4. The van der Waals surface area contributed by atoms with Gasteiger partial charge in [0, 0.05) is 17.5 Å². The van der Waals surface area contributed by atoms with E-state index in [0.29, 0.717) is 11.4 Å². The number of halogens is 1. The maximum Gasteiger partial charge on any atom is 0.261 e. The minimum atomic E-state index is -3.83. The highest BCUT2D eigenvalue weighted by atomic mass is 32.2. The molecule has 0 spiro atoms. The van der Waals surface area contributed by atoms with Crippen LogP contribution in [0.3, 0.4) is 0 Å². The average molecular weight is 296 g/mol. The number of nitrogens with one attached hydrogen (secondary N) is 1. The summed E-state index contributed by atoms with van der Waals surface area (Å²) in [7, 11) is -3.83. The van der Waals surface area contributed by atoms with Crippen molar-refractivity contribution in [2.75, 3.05) is 4.72 Å². The first-order valence-corrected chi connectivity index (χ1v) is 7.25. The van der Waals surface area contributed by atoms with Gasteiger partial charge in [0.05, 0.1) is 17.2 Å². The van der Waals surface area contributed by atoms with Crippen molar-refractivity contribution >= 4 is 15.7 Å². The van der Waals surface area contributed by atoms with Crippen molar-refractivity contribution in [1.82, 2.24) is 4.98 Å². The monoisotopic (exact) mass is 296 g/mol. The van der Waals surface area contributed by atoms with Gasteiger partial charge in [-0.2, -0.15) is 0 Å². The average Bonchev–Trinajstić information content (AvgIpc) is 2.38. The molecule has 106 valence electrons. The number of aromatic nitrogens is 1. The van der Waals surface area contributed by atoms with Gasteiger partial charge in [-0.1, -0.05) is 0 Å². The lowest BCUT2D eigenvalue weighted by Gasteiger charge is -2.09. The quantitative estimate of drug-likeness (QED) is 0.902. The van der Waals surface area contributed by atoms with E-state index in [2.05, 4.69) is 9.71 Å². The molecule has 5 nitrogen and oxygen atoms in total. The molecule has 1 aromatic heterocycles. The molecular weight excluding hydrogens is 283 g/mol. The Hall–Kier alpha value is -1.99. The second-order valence-electron chi connectivity index (χ2n) is 4.20. The Labute approximate surface area is 116 Å². The van der Waals surface area contributed by atoms with Gasteiger partial charge in [-0.25, -0.2) is 12.8 Å². The highest BCUT2D eigenvalue weighted by Gasteiger charge is 2.16. The largest absolute Gasteiger partial charge is 0.392 e. The summed E-state index contributed by atoms with van der Waals surface area (Å²) in [5.41, 5.74) is 0.964.